The van der Waals surface area contributed by atoms with Crippen molar-refractivity contribution in [2.24, 2.45) is 0 Å². The van der Waals surface area contributed by atoms with E-state index >= 15 is 0 Å². The summed E-state index contributed by atoms with van der Waals surface area (Å²) < 4.78 is 0. The van der Waals surface area contributed by atoms with Gasteiger partial charge in [-0.25, -0.2) is 0 Å². The highest BCUT2D eigenvalue weighted by Crippen LogP contribution is 2.37. The minimum atomic E-state index is 0.261. The topological polar surface area (TPSA) is 17.1 Å². The summed E-state index contributed by atoms with van der Waals surface area (Å²) in [6.45, 7) is 2.04. The first kappa shape index (κ1) is 10.2. The molecular formula is C14H16O. The van der Waals surface area contributed by atoms with Crippen LogP contribution in [0, 0.1) is 0 Å². The van der Waals surface area contributed by atoms with Crippen LogP contribution in [-0.4, -0.2) is 5.78 Å². The van der Waals surface area contributed by atoms with Gasteiger partial charge in [-0.05, 0) is 36.0 Å². The van der Waals surface area contributed by atoms with Gasteiger partial charge in [0, 0.05) is 6.42 Å². The van der Waals surface area contributed by atoms with E-state index in [9.17, 15) is 4.79 Å². The summed E-state index contributed by atoms with van der Waals surface area (Å²) in [6.07, 6.45) is 6.34. The molecule has 1 aromatic rings. The Labute approximate surface area is 90.8 Å². The third-order valence-corrected chi connectivity index (χ3v) is 2.95. The highest BCUT2D eigenvalue weighted by Gasteiger charge is 2.26. The zero-order chi connectivity index (χ0) is 10.7. The molecule has 1 unspecified atom stereocenters. The van der Waals surface area contributed by atoms with Crippen molar-refractivity contribution in [3.05, 3.63) is 47.5 Å². The third kappa shape index (κ3) is 2.17. The van der Waals surface area contributed by atoms with Gasteiger partial charge in [0.25, 0.3) is 0 Å². The van der Waals surface area contributed by atoms with Crippen LogP contribution in [0.25, 0.3) is 0 Å². The van der Waals surface area contributed by atoms with Crippen LogP contribution in [0.3, 0.4) is 0 Å². The predicted molar refractivity (Wildman–Crippen MR) is 61.9 cm³/mol. The zero-order valence-corrected chi connectivity index (χ0v) is 9.07. The van der Waals surface area contributed by atoms with E-state index in [-0.39, 0.29) is 5.78 Å². The van der Waals surface area contributed by atoms with E-state index in [0.29, 0.717) is 12.3 Å². The summed E-state index contributed by atoms with van der Waals surface area (Å²) in [5.74, 6) is 0.728. The van der Waals surface area contributed by atoms with Crippen molar-refractivity contribution in [2.75, 3.05) is 0 Å². The number of hydrogen-bond acceptors (Lipinski definition) is 1. The van der Waals surface area contributed by atoms with E-state index in [1.54, 1.807) is 6.08 Å². The summed E-state index contributed by atoms with van der Waals surface area (Å²) in [5, 5.41) is 0. The first-order valence-corrected chi connectivity index (χ1v) is 5.58. The Balaban J connectivity index is 1.95. The molecule has 78 valence electrons. The summed E-state index contributed by atoms with van der Waals surface area (Å²) in [5.41, 5.74) is 2.78. The second-order valence-electron chi connectivity index (χ2n) is 4.08. The van der Waals surface area contributed by atoms with Gasteiger partial charge in [0.05, 0.1) is 0 Å². The molecule has 0 fully saturated rings. The molecule has 2 rings (SSSR count). The van der Waals surface area contributed by atoms with Crippen molar-refractivity contribution < 1.29 is 4.79 Å². The minimum absolute atomic E-state index is 0.261. The van der Waals surface area contributed by atoms with Crippen LogP contribution in [-0.2, 0) is 11.2 Å². The molecular weight excluding hydrogens is 184 g/mol. The van der Waals surface area contributed by atoms with Gasteiger partial charge in [-0.1, -0.05) is 37.3 Å². The molecule has 0 aliphatic heterocycles. The second kappa shape index (κ2) is 4.43. The fourth-order valence-electron chi connectivity index (χ4n) is 2.10. The molecule has 1 aromatic carbocycles. The molecule has 0 saturated carbocycles. The molecule has 0 N–H and O–H groups in total. The SMILES string of the molecule is CC/C=C/C(=O)CC1Cc2ccccc21. The van der Waals surface area contributed by atoms with Crippen molar-refractivity contribution in [1.29, 1.82) is 0 Å². The van der Waals surface area contributed by atoms with Gasteiger partial charge in [-0.2, -0.15) is 0 Å². The molecule has 0 radical (unpaired) electrons. The second-order valence-corrected chi connectivity index (χ2v) is 4.08. The highest BCUT2D eigenvalue weighted by atomic mass is 16.1. The number of carbonyl (C=O) groups excluding carboxylic acids is 1. The standard InChI is InChI=1S/C14H16O/c1-2-3-7-13(15)10-12-9-11-6-4-5-8-14(11)12/h3-8,12H,2,9-10H2,1H3/b7-3+. The van der Waals surface area contributed by atoms with Crippen LogP contribution in [0.1, 0.15) is 36.8 Å². The summed E-state index contributed by atoms with van der Waals surface area (Å²) in [6, 6.07) is 8.41. The van der Waals surface area contributed by atoms with E-state index in [2.05, 4.69) is 24.3 Å². The number of carbonyl (C=O) groups is 1. The van der Waals surface area contributed by atoms with Crippen LogP contribution in [0.2, 0.25) is 0 Å². The average molecular weight is 200 g/mol. The van der Waals surface area contributed by atoms with E-state index in [1.807, 2.05) is 13.0 Å². The maximum Gasteiger partial charge on any atom is 0.155 e. The monoisotopic (exact) mass is 200 g/mol. The van der Waals surface area contributed by atoms with Gasteiger partial charge in [0.2, 0.25) is 0 Å². The molecule has 0 aromatic heterocycles. The average Bonchev–Trinajstić information content (AvgIpc) is 2.23. The molecule has 1 aliphatic rings. The summed E-state index contributed by atoms with van der Waals surface area (Å²) >= 11 is 0. The summed E-state index contributed by atoms with van der Waals surface area (Å²) in [4.78, 5) is 11.5. The Morgan fingerprint density at radius 3 is 3.00 bits per heavy atom. The van der Waals surface area contributed by atoms with Gasteiger partial charge >= 0.3 is 0 Å². The minimum Gasteiger partial charge on any atom is -0.295 e. The maximum atomic E-state index is 11.5. The van der Waals surface area contributed by atoms with Crippen LogP contribution in [0.5, 0.6) is 0 Å². The Kier molecular flexibility index (Phi) is 3.00. The highest BCUT2D eigenvalue weighted by molar-refractivity contribution is 5.90. The van der Waals surface area contributed by atoms with Crippen molar-refractivity contribution >= 4 is 5.78 Å². The smallest absolute Gasteiger partial charge is 0.155 e. The van der Waals surface area contributed by atoms with Crippen LogP contribution in [0.15, 0.2) is 36.4 Å². The van der Waals surface area contributed by atoms with Crippen LogP contribution in [0.4, 0.5) is 0 Å². The zero-order valence-electron chi connectivity index (χ0n) is 9.07. The van der Waals surface area contributed by atoms with Crippen molar-refractivity contribution in [3.63, 3.8) is 0 Å². The molecule has 1 atom stereocenters. The number of ketones is 1. The molecule has 1 heteroatoms. The van der Waals surface area contributed by atoms with E-state index in [4.69, 9.17) is 0 Å². The van der Waals surface area contributed by atoms with Gasteiger partial charge < -0.3 is 0 Å². The van der Waals surface area contributed by atoms with Crippen molar-refractivity contribution in [2.45, 2.75) is 32.1 Å². The van der Waals surface area contributed by atoms with Gasteiger partial charge in [0.15, 0.2) is 5.78 Å². The van der Waals surface area contributed by atoms with Crippen molar-refractivity contribution in [3.8, 4) is 0 Å². The van der Waals surface area contributed by atoms with Gasteiger partial charge in [-0.15, -0.1) is 0 Å². The lowest BCUT2D eigenvalue weighted by Crippen LogP contribution is -2.19. The van der Waals surface area contributed by atoms with Crippen LogP contribution >= 0.6 is 0 Å². The van der Waals surface area contributed by atoms with Gasteiger partial charge in [-0.3, -0.25) is 4.79 Å². The predicted octanol–water partition coefficient (Wildman–Crippen LogP) is 3.25. The Morgan fingerprint density at radius 1 is 1.47 bits per heavy atom. The quantitative estimate of drug-likeness (QED) is 0.682. The Morgan fingerprint density at radius 2 is 2.27 bits per heavy atom. The first-order chi connectivity index (χ1) is 7.31. The molecule has 0 amide bonds. The molecule has 15 heavy (non-hydrogen) atoms. The van der Waals surface area contributed by atoms with Gasteiger partial charge in [0.1, 0.15) is 0 Å². The normalized spacial score (nSPS) is 18.6. The lowest BCUT2D eigenvalue weighted by atomic mass is 9.75. The molecule has 1 aliphatic carbocycles. The molecule has 0 heterocycles. The molecule has 0 spiro atoms. The van der Waals surface area contributed by atoms with E-state index in [1.165, 1.54) is 11.1 Å². The first-order valence-electron chi connectivity index (χ1n) is 5.58. The van der Waals surface area contributed by atoms with Crippen LogP contribution < -0.4 is 0 Å². The number of hydrogen-bond donors (Lipinski definition) is 0. The van der Waals surface area contributed by atoms with Crippen molar-refractivity contribution in [1.82, 2.24) is 0 Å². The molecule has 0 saturated heterocycles. The molecule has 1 nitrogen and oxygen atoms in total. The third-order valence-electron chi connectivity index (χ3n) is 2.95. The summed E-state index contributed by atoms with van der Waals surface area (Å²) in [7, 11) is 0. The largest absolute Gasteiger partial charge is 0.295 e. The Hall–Kier alpha value is -1.37. The molecule has 0 bridgehead atoms. The number of allylic oxidation sites excluding steroid dienone is 2. The number of benzene rings is 1. The van der Waals surface area contributed by atoms with E-state index < -0.39 is 0 Å². The fraction of sp³-hybridized carbons (Fsp3) is 0.357. The lowest BCUT2D eigenvalue weighted by Gasteiger charge is -2.29. The fourth-order valence-corrected chi connectivity index (χ4v) is 2.10. The lowest BCUT2D eigenvalue weighted by molar-refractivity contribution is -0.115. The Bertz CT molecular complexity index is 390. The maximum absolute atomic E-state index is 11.5. The number of rotatable bonds is 4. The van der Waals surface area contributed by atoms with E-state index in [0.717, 1.165) is 12.8 Å². The number of fused-ring (bicyclic) bond motifs is 1.